The zero-order valence-corrected chi connectivity index (χ0v) is 47.7. The lowest BCUT2D eigenvalue weighted by atomic mass is 9.91. The summed E-state index contributed by atoms with van der Waals surface area (Å²) in [6, 6.07) is 16.1. The van der Waals surface area contributed by atoms with E-state index in [-0.39, 0.29) is 72.7 Å². The third-order valence-electron chi connectivity index (χ3n) is 14.4. The van der Waals surface area contributed by atoms with Crippen LogP contribution < -0.4 is 36.4 Å². The Morgan fingerprint density at radius 3 is 1.88 bits per heavy atom. The third kappa shape index (κ3) is 23.2. The summed E-state index contributed by atoms with van der Waals surface area (Å²) in [6.07, 6.45) is 10.3. The summed E-state index contributed by atoms with van der Waals surface area (Å²) in [5.41, 5.74) is 3.89. The van der Waals surface area contributed by atoms with Crippen molar-refractivity contribution >= 4 is 69.2 Å². The van der Waals surface area contributed by atoms with Crippen LogP contribution in [-0.4, -0.2) is 102 Å². The van der Waals surface area contributed by atoms with Gasteiger partial charge in [0.1, 0.15) is 29.1 Å². The summed E-state index contributed by atoms with van der Waals surface area (Å²) >= 11 is 0. The minimum absolute atomic E-state index is 0.0387. The van der Waals surface area contributed by atoms with Gasteiger partial charge in [-0.25, -0.2) is 18.0 Å². The molecule has 3 amide bonds. The number of amides is 3. The van der Waals surface area contributed by atoms with Gasteiger partial charge in [0.2, 0.25) is 5.91 Å². The molecule has 2 unspecified atom stereocenters. The molecule has 18 nitrogen and oxygen atoms in total. The number of Topliss-reactive ketones (excluding diaryl/α,β-unsaturated/α-hetero) is 3. The first-order chi connectivity index (χ1) is 38.2. The SMILES string of the molecule is C=c1ccc2c(c1)Oc1cc(C(C)NCC)ccc1C=2c1ccc(S(=O)(=O)CCCCCCCC(=O)CCCCCC(CC(=O)CCCCCCC(=O)NCCCC[C@H](NC(=O)N[C@@H](CCC(=O)O)C(C)=O)C(=O)O)C(=O)O)cc1. The molecule has 80 heavy (non-hydrogen) atoms. The number of carbonyl (C=O) groups excluding carboxylic acids is 5. The highest BCUT2D eigenvalue weighted by Crippen LogP contribution is 2.38. The highest BCUT2D eigenvalue weighted by atomic mass is 32.2. The number of carboxylic acids is 3. The molecule has 7 N–H and O–H groups in total. The van der Waals surface area contributed by atoms with Crippen molar-refractivity contribution in [3.05, 3.63) is 87.8 Å². The molecule has 0 saturated heterocycles. The van der Waals surface area contributed by atoms with Crippen LogP contribution in [0.3, 0.4) is 0 Å². The van der Waals surface area contributed by atoms with Crippen molar-refractivity contribution < 1.29 is 66.8 Å². The molecule has 19 heteroatoms. The van der Waals surface area contributed by atoms with E-state index in [2.05, 4.69) is 59.9 Å². The minimum Gasteiger partial charge on any atom is -0.481 e. The second-order valence-corrected chi connectivity index (χ2v) is 23.1. The number of ketones is 3. The van der Waals surface area contributed by atoms with Crippen molar-refractivity contribution in [2.45, 2.75) is 191 Å². The summed E-state index contributed by atoms with van der Waals surface area (Å²) < 4.78 is 33.1. The molecule has 1 heterocycles. The Morgan fingerprint density at radius 1 is 0.625 bits per heavy atom. The van der Waals surface area contributed by atoms with Gasteiger partial charge in [-0.3, -0.25) is 28.8 Å². The van der Waals surface area contributed by atoms with Crippen molar-refractivity contribution in [3.63, 3.8) is 0 Å². The Hall–Kier alpha value is -6.73. The van der Waals surface area contributed by atoms with E-state index in [1.807, 2.05) is 30.3 Å². The fourth-order valence-corrected chi connectivity index (χ4v) is 11.1. The van der Waals surface area contributed by atoms with Crippen LogP contribution in [0.15, 0.2) is 65.6 Å². The quantitative estimate of drug-likeness (QED) is 0.0205. The molecule has 3 aromatic carbocycles. The topological polar surface area (TPSA) is 289 Å². The number of fused-ring (bicyclic) bond motifs is 2. The van der Waals surface area contributed by atoms with Crippen molar-refractivity contribution in [2.75, 3.05) is 18.8 Å². The van der Waals surface area contributed by atoms with Gasteiger partial charge in [-0.1, -0.05) is 94.8 Å². The van der Waals surface area contributed by atoms with Gasteiger partial charge in [-0.2, -0.15) is 0 Å². The van der Waals surface area contributed by atoms with Gasteiger partial charge >= 0.3 is 23.9 Å². The predicted octanol–water partition coefficient (Wildman–Crippen LogP) is 8.62. The third-order valence-corrected chi connectivity index (χ3v) is 16.2. The van der Waals surface area contributed by atoms with E-state index in [1.165, 1.54) is 6.92 Å². The number of unbranched alkanes of at least 4 members (excludes halogenated alkanes) is 10. The number of hydrogen-bond donors (Lipinski definition) is 7. The number of benzene rings is 3. The molecule has 0 radical (unpaired) electrons. The van der Waals surface area contributed by atoms with E-state index in [4.69, 9.17) is 9.84 Å². The molecular weight excluding hydrogens is 1040 g/mol. The first kappa shape index (κ1) is 65.8. The number of sulfone groups is 1. The summed E-state index contributed by atoms with van der Waals surface area (Å²) in [5.74, 6) is -3.30. The number of nitrogens with one attached hydrogen (secondary N) is 4. The fraction of sp³-hybridized carbons (Fsp3) is 0.541. The Labute approximate surface area is 470 Å². The summed E-state index contributed by atoms with van der Waals surface area (Å²) in [6.45, 7) is 10.6. The van der Waals surface area contributed by atoms with E-state index >= 15 is 0 Å². The van der Waals surface area contributed by atoms with Crippen molar-refractivity contribution in [2.24, 2.45) is 5.92 Å². The average molecular weight is 1130 g/mol. The monoisotopic (exact) mass is 1130 g/mol. The number of urea groups is 1. The lowest BCUT2D eigenvalue weighted by Crippen LogP contribution is -2.50. The molecule has 0 aromatic heterocycles. The van der Waals surface area contributed by atoms with E-state index in [9.17, 15) is 57.0 Å². The molecule has 3 aromatic rings. The van der Waals surface area contributed by atoms with Crippen LogP contribution in [0.1, 0.15) is 191 Å². The minimum atomic E-state index is -3.50. The van der Waals surface area contributed by atoms with Gasteiger partial charge in [-0.05, 0) is 125 Å². The van der Waals surface area contributed by atoms with Gasteiger partial charge in [0.25, 0.3) is 0 Å². The van der Waals surface area contributed by atoms with Crippen molar-refractivity contribution in [3.8, 4) is 11.5 Å². The standard InChI is InChI=1S/C61H84N4O14S/c1-5-62-42(3)45-29-33-51-55(40-45)79-54-38-41(2)26-32-50(54)58(51)44-27-30-49(31-28-44)80(77,78)37-19-10-6-7-13-21-47(67)22-15-11-12-20-46(59(72)73)39-48(68)23-14-8-9-16-25-56(69)63-36-18-17-24-53(60(74)75)65-61(76)64-52(43(4)66)34-35-57(70)71/h26-33,38,40,42,46,52-53,62H,2,5-25,34-37,39H2,1,3-4H3,(H,63,69)(H,70,71)(H,72,73)(H,74,75)(H2,64,65,76)/t42?,46?,52-,53-/m0/s1. The Morgan fingerprint density at radius 2 is 1.24 bits per heavy atom. The lowest BCUT2D eigenvalue weighted by Gasteiger charge is -2.23. The highest BCUT2D eigenvalue weighted by molar-refractivity contribution is 7.91. The molecule has 0 spiro atoms. The average Bonchev–Trinajstić information content (AvgIpc) is 3.42. The molecule has 438 valence electrons. The number of aliphatic carboxylic acids is 3. The molecule has 0 saturated carbocycles. The first-order valence-electron chi connectivity index (χ1n) is 28.5. The van der Waals surface area contributed by atoms with E-state index in [0.717, 1.165) is 70.7 Å². The maximum absolute atomic E-state index is 13.4. The number of carboxylic acid groups (broad SMARTS) is 3. The van der Waals surface area contributed by atoms with Crippen LogP contribution in [0.2, 0.25) is 0 Å². The van der Waals surface area contributed by atoms with Gasteiger partial charge in [0.15, 0.2) is 15.6 Å². The number of rotatable bonds is 41. The van der Waals surface area contributed by atoms with E-state index < -0.39 is 57.6 Å². The second kappa shape index (κ2) is 34.4. The smallest absolute Gasteiger partial charge is 0.326 e. The number of carbonyl (C=O) groups is 8. The lowest BCUT2D eigenvalue weighted by molar-refractivity contribution is -0.144. The van der Waals surface area contributed by atoms with Crippen LogP contribution >= 0.6 is 0 Å². The summed E-state index contributed by atoms with van der Waals surface area (Å²) in [4.78, 5) is 96.2. The molecule has 0 aliphatic carbocycles. The number of ether oxygens (including phenoxy) is 1. The zero-order valence-electron chi connectivity index (χ0n) is 46.9. The molecule has 4 atom stereocenters. The largest absolute Gasteiger partial charge is 0.481 e. The Balaban J connectivity index is 1.02. The molecule has 1 aliphatic heterocycles. The van der Waals surface area contributed by atoms with Gasteiger partial charge < -0.3 is 41.3 Å². The molecule has 0 bridgehead atoms. The Kier molecular flexibility index (Phi) is 28.3. The van der Waals surface area contributed by atoms with E-state index in [0.29, 0.717) is 95.8 Å². The van der Waals surface area contributed by atoms with Crippen molar-refractivity contribution in [1.29, 1.82) is 0 Å². The summed E-state index contributed by atoms with van der Waals surface area (Å²) in [5, 5.41) is 40.7. The highest BCUT2D eigenvalue weighted by Gasteiger charge is 2.26. The zero-order chi connectivity index (χ0) is 58.6. The van der Waals surface area contributed by atoms with E-state index in [1.54, 1.807) is 12.1 Å². The normalized spacial score (nSPS) is 13.4. The molecule has 1 aliphatic rings. The van der Waals surface area contributed by atoms with Crippen LogP contribution in [-0.2, 0) is 43.4 Å². The maximum atomic E-state index is 13.4. The summed E-state index contributed by atoms with van der Waals surface area (Å²) in [7, 11) is -3.50. The van der Waals surface area contributed by atoms with Crippen LogP contribution in [0.25, 0.3) is 12.2 Å². The predicted molar refractivity (Wildman–Crippen MR) is 305 cm³/mol. The van der Waals surface area contributed by atoms with Crippen LogP contribution in [0, 0.1) is 5.92 Å². The molecular formula is C61H84N4O14S. The molecule has 0 fully saturated rings. The molecule has 4 rings (SSSR count). The fourth-order valence-electron chi connectivity index (χ4n) is 9.76. The van der Waals surface area contributed by atoms with Gasteiger partial charge in [0.05, 0.1) is 22.6 Å². The van der Waals surface area contributed by atoms with Crippen molar-refractivity contribution in [1.82, 2.24) is 21.3 Å². The second-order valence-electron chi connectivity index (χ2n) is 21.0. The van der Waals surface area contributed by atoms with Gasteiger partial charge in [0, 0.05) is 67.5 Å². The maximum Gasteiger partial charge on any atom is 0.326 e. The first-order valence-corrected chi connectivity index (χ1v) is 30.1. The Bertz CT molecular complexity index is 2820. The van der Waals surface area contributed by atoms with Crippen LogP contribution in [0.4, 0.5) is 4.79 Å². The number of hydrogen-bond acceptors (Lipinski definition) is 12. The van der Waals surface area contributed by atoms with Gasteiger partial charge in [-0.15, -0.1) is 0 Å². The van der Waals surface area contributed by atoms with Crippen LogP contribution in [0.5, 0.6) is 11.5 Å².